The first kappa shape index (κ1) is 13.8. The fourth-order valence-corrected chi connectivity index (χ4v) is 3.30. The van der Waals surface area contributed by atoms with Crippen molar-refractivity contribution >= 4 is 28.4 Å². The first-order valence-corrected chi connectivity index (χ1v) is 7.78. The first-order valence-electron chi connectivity index (χ1n) is 6.70. The van der Waals surface area contributed by atoms with Gasteiger partial charge < -0.3 is 9.88 Å². The highest BCUT2D eigenvalue weighted by Gasteiger charge is 2.19. The van der Waals surface area contributed by atoms with Crippen molar-refractivity contribution in [3.05, 3.63) is 20.3 Å². The molecule has 0 bridgehead atoms. The van der Waals surface area contributed by atoms with Gasteiger partial charge in [-0.3, -0.25) is 4.79 Å². The molecule has 0 spiro atoms. The summed E-state index contributed by atoms with van der Waals surface area (Å²) < 4.78 is 0.712. The molecule has 5 heteroatoms. The lowest BCUT2D eigenvalue weighted by Crippen LogP contribution is -2.28. The summed E-state index contributed by atoms with van der Waals surface area (Å²) >= 11 is 2.09. The third-order valence-corrected chi connectivity index (χ3v) is 4.59. The molecule has 2 heterocycles. The van der Waals surface area contributed by atoms with E-state index >= 15 is 0 Å². The van der Waals surface area contributed by atoms with Crippen LogP contribution in [-0.4, -0.2) is 23.1 Å². The SMILES string of the molecule is CCCC1CCCN(c2nc[nH]c(=O)c2I)CC1. The van der Waals surface area contributed by atoms with E-state index in [1.165, 1.54) is 38.4 Å². The second-order valence-electron chi connectivity index (χ2n) is 4.94. The summed E-state index contributed by atoms with van der Waals surface area (Å²) in [5, 5.41) is 0. The quantitative estimate of drug-likeness (QED) is 0.843. The molecule has 1 aliphatic heterocycles. The Kier molecular flexibility index (Phi) is 5.03. The summed E-state index contributed by atoms with van der Waals surface area (Å²) in [7, 11) is 0. The summed E-state index contributed by atoms with van der Waals surface area (Å²) in [6.45, 7) is 4.30. The van der Waals surface area contributed by atoms with Crippen LogP contribution in [-0.2, 0) is 0 Å². The van der Waals surface area contributed by atoms with Gasteiger partial charge in [0, 0.05) is 13.1 Å². The molecule has 2 rings (SSSR count). The molecule has 4 nitrogen and oxygen atoms in total. The van der Waals surface area contributed by atoms with E-state index in [1.807, 2.05) is 0 Å². The lowest BCUT2D eigenvalue weighted by Gasteiger charge is -2.22. The van der Waals surface area contributed by atoms with Crippen LogP contribution in [0, 0.1) is 9.49 Å². The highest BCUT2D eigenvalue weighted by atomic mass is 127. The summed E-state index contributed by atoms with van der Waals surface area (Å²) in [6, 6.07) is 0. The maximum Gasteiger partial charge on any atom is 0.266 e. The lowest BCUT2D eigenvalue weighted by molar-refractivity contribution is 0.435. The van der Waals surface area contributed by atoms with Gasteiger partial charge >= 0.3 is 0 Å². The van der Waals surface area contributed by atoms with Gasteiger partial charge in [0.15, 0.2) is 0 Å². The van der Waals surface area contributed by atoms with Gasteiger partial charge in [0.1, 0.15) is 9.39 Å². The number of H-pyrrole nitrogens is 1. The molecule has 0 amide bonds. The topological polar surface area (TPSA) is 49.0 Å². The van der Waals surface area contributed by atoms with Crippen molar-refractivity contribution in [2.75, 3.05) is 18.0 Å². The Labute approximate surface area is 121 Å². The molecule has 0 aliphatic carbocycles. The molecule has 1 fully saturated rings. The number of aromatic amines is 1. The Bertz CT molecular complexity index is 446. The zero-order chi connectivity index (χ0) is 13.0. The van der Waals surface area contributed by atoms with Crippen LogP contribution in [0.25, 0.3) is 0 Å². The molecule has 1 N–H and O–H groups in total. The Morgan fingerprint density at radius 1 is 1.50 bits per heavy atom. The number of aromatic nitrogens is 2. The monoisotopic (exact) mass is 361 g/mol. The molecule has 1 atom stereocenters. The van der Waals surface area contributed by atoms with Gasteiger partial charge in [-0.25, -0.2) is 4.98 Å². The second kappa shape index (κ2) is 6.54. The molecule has 0 radical (unpaired) electrons. The fourth-order valence-electron chi connectivity index (χ4n) is 2.67. The maximum atomic E-state index is 11.6. The third kappa shape index (κ3) is 3.24. The summed E-state index contributed by atoms with van der Waals surface area (Å²) in [4.78, 5) is 20.8. The molecule has 1 aromatic heterocycles. The lowest BCUT2D eigenvalue weighted by atomic mass is 9.96. The van der Waals surface area contributed by atoms with Gasteiger partial charge in [-0.2, -0.15) is 0 Å². The van der Waals surface area contributed by atoms with Crippen LogP contribution < -0.4 is 10.5 Å². The van der Waals surface area contributed by atoms with E-state index in [0.717, 1.165) is 24.8 Å². The average molecular weight is 361 g/mol. The van der Waals surface area contributed by atoms with Crippen LogP contribution >= 0.6 is 22.6 Å². The van der Waals surface area contributed by atoms with Gasteiger partial charge in [0.25, 0.3) is 5.56 Å². The fraction of sp³-hybridized carbons (Fsp3) is 0.692. The van der Waals surface area contributed by atoms with E-state index in [4.69, 9.17) is 0 Å². The maximum absolute atomic E-state index is 11.6. The minimum Gasteiger partial charge on any atom is -0.356 e. The van der Waals surface area contributed by atoms with Gasteiger partial charge in [-0.15, -0.1) is 0 Å². The molecule has 18 heavy (non-hydrogen) atoms. The third-order valence-electron chi connectivity index (χ3n) is 3.62. The van der Waals surface area contributed by atoms with Crippen LogP contribution in [0.3, 0.4) is 0 Å². The number of halogens is 1. The Hall–Kier alpha value is -0.590. The Morgan fingerprint density at radius 2 is 2.33 bits per heavy atom. The van der Waals surface area contributed by atoms with E-state index in [1.54, 1.807) is 0 Å². The molecule has 1 unspecified atom stereocenters. The zero-order valence-electron chi connectivity index (χ0n) is 10.8. The van der Waals surface area contributed by atoms with Gasteiger partial charge in [0.2, 0.25) is 0 Å². The van der Waals surface area contributed by atoms with Gasteiger partial charge in [-0.1, -0.05) is 19.8 Å². The zero-order valence-corrected chi connectivity index (χ0v) is 12.9. The van der Waals surface area contributed by atoms with Crippen molar-refractivity contribution in [2.45, 2.75) is 39.0 Å². The largest absolute Gasteiger partial charge is 0.356 e. The van der Waals surface area contributed by atoms with E-state index in [9.17, 15) is 4.79 Å². The smallest absolute Gasteiger partial charge is 0.266 e. The number of nitrogens with zero attached hydrogens (tertiary/aromatic N) is 2. The van der Waals surface area contributed by atoms with Crippen molar-refractivity contribution in [3.63, 3.8) is 0 Å². The number of hydrogen-bond acceptors (Lipinski definition) is 3. The summed E-state index contributed by atoms with van der Waals surface area (Å²) in [5.41, 5.74) is -0.0324. The van der Waals surface area contributed by atoms with E-state index in [0.29, 0.717) is 3.57 Å². The van der Waals surface area contributed by atoms with Crippen LogP contribution in [0.1, 0.15) is 39.0 Å². The van der Waals surface area contributed by atoms with Crippen molar-refractivity contribution in [1.82, 2.24) is 9.97 Å². The molecular formula is C13H20IN3O. The average Bonchev–Trinajstić information content (AvgIpc) is 2.59. The normalized spacial score (nSPS) is 20.8. The first-order chi connectivity index (χ1) is 8.72. The molecular weight excluding hydrogens is 341 g/mol. The number of anilines is 1. The molecule has 100 valence electrons. The van der Waals surface area contributed by atoms with Crippen molar-refractivity contribution in [2.24, 2.45) is 5.92 Å². The van der Waals surface area contributed by atoms with Crippen LogP contribution in [0.4, 0.5) is 5.82 Å². The highest BCUT2D eigenvalue weighted by Crippen LogP contribution is 2.25. The van der Waals surface area contributed by atoms with Crippen LogP contribution in [0.15, 0.2) is 11.1 Å². The number of rotatable bonds is 3. The van der Waals surface area contributed by atoms with Gasteiger partial charge in [0.05, 0.1) is 6.33 Å². The predicted octanol–water partition coefficient (Wildman–Crippen LogP) is 2.78. The van der Waals surface area contributed by atoms with E-state index in [2.05, 4.69) is 44.4 Å². The van der Waals surface area contributed by atoms with Crippen LogP contribution in [0.5, 0.6) is 0 Å². The van der Waals surface area contributed by atoms with Gasteiger partial charge in [-0.05, 0) is 47.8 Å². The minimum atomic E-state index is -0.0324. The summed E-state index contributed by atoms with van der Waals surface area (Å²) in [6.07, 6.45) is 7.84. The summed E-state index contributed by atoms with van der Waals surface area (Å²) in [5.74, 6) is 1.70. The Balaban J connectivity index is 2.10. The van der Waals surface area contributed by atoms with Crippen LogP contribution in [0.2, 0.25) is 0 Å². The number of nitrogens with one attached hydrogen (secondary N) is 1. The van der Waals surface area contributed by atoms with E-state index in [-0.39, 0.29) is 5.56 Å². The predicted molar refractivity (Wildman–Crippen MR) is 82.0 cm³/mol. The van der Waals surface area contributed by atoms with Crippen molar-refractivity contribution in [1.29, 1.82) is 0 Å². The molecule has 1 saturated heterocycles. The second-order valence-corrected chi connectivity index (χ2v) is 6.02. The minimum absolute atomic E-state index is 0.0324. The van der Waals surface area contributed by atoms with Crippen molar-refractivity contribution < 1.29 is 0 Å². The molecule has 1 aromatic rings. The standard InChI is InChI=1S/C13H20IN3O/c1-2-4-10-5-3-7-17(8-6-10)12-11(14)13(18)16-9-15-12/h9-10H,2-8H2,1H3,(H,15,16,18). The molecule has 1 aliphatic rings. The molecule has 0 aromatic carbocycles. The highest BCUT2D eigenvalue weighted by molar-refractivity contribution is 14.1. The van der Waals surface area contributed by atoms with E-state index < -0.39 is 0 Å². The Morgan fingerprint density at radius 3 is 3.11 bits per heavy atom. The number of hydrogen-bond donors (Lipinski definition) is 1. The van der Waals surface area contributed by atoms with Crippen molar-refractivity contribution in [3.8, 4) is 0 Å². The molecule has 0 saturated carbocycles.